The van der Waals surface area contributed by atoms with E-state index in [1.165, 1.54) is 5.56 Å². The van der Waals surface area contributed by atoms with Crippen molar-refractivity contribution in [1.82, 2.24) is 0 Å². The van der Waals surface area contributed by atoms with Gasteiger partial charge in [-0.25, -0.2) is 0 Å². The van der Waals surface area contributed by atoms with Gasteiger partial charge < -0.3 is 0 Å². The molecule has 0 spiro atoms. The number of aliphatic imine (C=N–C) groups is 1. The van der Waals surface area contributed by atoms with Gasteiger partial charge in [0.25, 0.3) is 0 Å². The minimum absolute atomic E-state index is 0.0415. The standard InChI is InChI=1S/C17H18N3/c1-2-9-16-18-17(14-10-5-3-6-11-14)20(19-16)15-12-7-4-8-13-15/h3-8,10-13,17H,2,9H2,1H3/q+1. The minimum Gasteiger partial charge on any atom is -0.189 e. The maximum Gasteiger partial charge on any atom is 0.305 e. The predicted molar refractivity (Wildman–Crippen MR) is 80.3 cm³/mol. The molecule has 1 unspecified atom stereocenters. The van der Waals surface area contributed by atoms with Crippen molar-refractivity contribution in [2.75, 3.05) is 0 Å². The van der Waals surface area contributed by atoms with Gasteiger partial charge >= 0.3 is 6.17 Å². The van der Waals surface area contributed by atoms with Crippen molar-refractivity contribution in [2.45, 2.75) is 25.9 Å². The summed E-state index contributed by atoms with van der Waals surface area (Å²) >= 11 is 0. The highest BCUT2D eigenvalue weighted by molar-refractivity contribution is 5.83. The molecule has 0 aliphatic carbocycles. The molecule has 0 amide bonds. The Bertz CT molecular complexity index is 630. The average molecular weight is 264 g/mol. The highest BCUT2D eigenvalue weighted by Gasteiger charge is 2.32. The maximum absolute atomic E-state index is 4.78. The zero-order valence-electron chi connectivity index (χ0n) is 11.6. The van der Waals surface area contributed by atoms with Gasteiger partial charge in [-0.1, -0.05) is 60.2 Å². The maximum atomic E-state index is 4.78. The summed E-state index contributed by atoms with van der Waals surface area (Å²) in [4.78, 5) is 4.78. The molecule has 0 aromatic heterocycles. The number of hydrogen-bond donors (Lipinski definition) is 0. The normalized spacial score (nSPS) is 17.8. The fraction of sp³-hybridized carbons (Fsp3) is 0.235. The van der Waals surface area contributed by atoms with E-state index in [2.05, 4.69) is 36.3 Å². The number of azo groups is 2. The highest BCUT2D eigenvalue weighted by Crippen LogP contribution is 2.31. The predicted octanol–water partition coefficient (Wildman–Crippen LogP) is 4.69. The summed E-state index contributed by atoms with van der Waals surface area (Å²) in [6.45, 7) is 2.15. The Morgan fingerprint density at radius 2 is 1.60 bits per heavy atom. The lowest BCUT2D eigenvalue weighted by Crippen LogP contribution is -2.06. The summed E-state index contributed by atoms with van der Waals surface area (Å²) in [6, 6.07) is 20.6. The lowest BCUT2D eigenvalue weighted by molar-refractivity contribution is -0.544. The number of rotatable bonds is 4. The Hall–Kier alpha value is -2.29. The average Bonchev–Trinajstić information content (AvgIpc) is 2.93. The Morgan fingerprint density at radius 3 is 2.25 bits per heavy atom. The number of hydrogen-bond acceptors (Lipinski definition) is 2. The first-order valence-corrected chi connectivity index (χ1v) is 7.06. The van der Waals surface area contributed by atoms with Crippen molar-refractivity contribution < 1.29 is 4.70 Å². The number of nitrogens with zero attached hydrogens (tertiary/aromatic N) is 3. The Balaban J connectivity index is 2.00. The Labute approximate surface area is 119 Å². The molecule has 1 heterocycles. The monoisotopic (exact) mass is 264 g/mol. The van der Waals surface area contributed by atoms with E-state index < -0.39 is 0 Å². The summed E-state index contributed by atoms with van der Waals surface area (Å²) in [7, 11) is 0. The van der Waals surface area contributed by atoms with Crippen molar-refractivity contribution in [2.24, 2.45) is 10.1 Å². The Morgan fingerprint density at radius 1 is 0.950 bits per heavy atom. The fourth-order valence-electron chi connectivity index (χ4n) is 2.36. The van der Waals surface area contributed by atoms with E-state index >= 15 is 0 Å². The van der Waals surface area contributed by atoms with E-state index in [0.717, 1.165) is 24.4 Å². The molecule has 2 aromatic carbocycles. The molecule has 1 aliphatic rings. The number of amidine groups is 1. The number of para-hydroxylation sites is 1. The topological polar surface area (TPSA) is 27.7 Å². The fourth-order valence-corrected chi connectivity index (χ4v) is 2.36. The summed E-state index contributed by atoms with van der Waals surface area (Å²) in [5.41, 5.74) is 2.25. The van der Waals surface area contributed by atoms with Gasteiger partial charge in [0.1, 0.15) is 0 Å². The van der Waals surface area contributed by atoms with Crippen LogP contribution in [0.4, 0.5) is 5.69 Å². The second-order valence-corrected chi connectivity index (χ2v) is 4.86. The Kier molecular flexibility index (Phi) is 3.68. The van der Waals surface area contributed by atoms with Gasteiger partial charge in [-0.15, -0.1) is 0 Å². The second kappa shape index (κ2) is 5.78. The molecule has 1 atom stereocenters. The third-order valence-corrected chi connectivity index (χ3v) is 3.32. The lowest BCUT2D eigenvalue weighted by Gasteiger charge is -2.04. The van der Waals surface area contributed by atoms with Gasteiger partial charge in [-0.3, -0.25) is 0 Å². The van der Waals surface area contributed by atoms with Crippen LogP contribution in [-0.2, 0) is 0 Å². The molecule has 20 heavy (non-hydrogen) atoms. The summed E-state index contributed by atoms with van der Waals surface area (Å²) < 4.78 is 2.01. The molecule has 3 rings (SSSR count). The molecule has 0 fully saturated rings. The lowest BCUT2D eigenvalue weighted by atomic mass is 10.1. The van der Waals surface area contributed by atoms with E-state index in [9.17, 15) is 0 Å². The van der Waals surface area contributed by atoms with Crippen molar-refractivity contribution in [3.05, 3.63) is 66.2 Å². The quantitative estimate of drug-likeness (QED) is 0.716. The van der Waals surface area contributed by atoms with Crippen molar-refractivity contribution in [1.29, 1.82) is 0 Å². The van der Waals surface area contributed by atoms with Crippen LogP contribution >= 0.6 is 0 Å². The zero-order valence-corrected chi connectivity index (χ0v) is 11.6. The van der Waals surface area contributed by atoms with E-state index in [0.29, 0.717) is 0 Å². The van der Waals surface area contributed by atoms with E-state index in [1.807, 2.05) is 41.1 Å². The van der Waals surface area contributed by atoms with Gasteiger partial charge in [0.15, 0.2) is 5.84 Å². The second-order valence-electron chi connectivity index (χ2n) is 4.86. The summed E-state index contributed by atoms with van der Waals surface area (Å²) in [6.07, 6.45) is 1.94. The van der Waals surface area contributed by atoms with Crippen LogP contribution in [0.3, 0.4) is 0 Å². The first kappa shape index (κ1) is 12.7. The molecule has 3 heteroatoms. The molecule has 3 nitrogen and oxygen atoms in total. The van der Waals surface area contributed by atoms with Crippen LogP contribution in [0.25, 0.3) is 0 Å². The van der Waals surface area contributed by atoms with Crippen LogP contribution in [-0.4, -0.2) is 10.5 Å². The van der Waals surface area contributed by atoms with Crippen LogP contribution in [0, 0.1) is 0 Å². The molecule has 0 bridgehead atoms. The largest absolute Gasteiger partial charge is 0.305 e. The van der Waals surface area contributed by atoms with Crippen molar-refractivity contribution >= 4 is 11.5 Å². The molecule has 0 saturated heterocycles. The summed E-state index contributed by atoms with van der Waals surface area (Å²) in [5.74, 6) is 0.935. The molecule has 0 saturated carbocycles. The molecule has 2 aromatic rings. The van der Waals surface area contributed by atoms with Crippen LogP contribution in [0.1, 0.15) is 31.5 Å². The van der Waals surface area contributed by atoms with Crippen molar-refractivity contribution in [3.8, 4) is 0 Å². The minimum atomic E-state index is -0.0415. The third-order valence-electron chi connectivity index (χ3n) is 3.32. The molecular weight excluding hydrogens is 246 g/mol. The van der Waals surface area contributed by atoms with Crippen LogP contribution in [0.2, 0.25) is 0 Å². The smallest absolute Gasteiger partial charge is 0.189 e. The molecule has 1 aliphatic heterocycles. The zero-order chi connectivity index (χ0) is 13.8. The van der Waals surface area contributed by atoms with Gasteiger partial charge in [0.05, 0.1) is 0 Å². The van der Waals surface area contributed by atoms with Crippen LogP contribution < -0.4 is 0 Å². The van der Waals surface area contributed by atoms with E-state index in [1.54, 1.807) is 0 Å². The van der Waals surface area contributed by atoms with E-state index in [-0.39, 0.29) is 6.17 Å². The molecular formula is C17H18N3+. The first-order chi connectivity index (χ1) is 9.88. The first-order valence-electron chi connectivity index (χ1n) is 7.06. The van der Waals surface area contributed by atoms with Gasteiger partial charge in [-0.05, 0) is 6.42 Å². The summed E-state index contributed by atoms with van der Waals surface area (Å²) in [5, 5.41) is 4.69. The van der Waals surface area contributed by atoms with E-state index in [4.69, 9.17) is 4.99 Å². The molecule has 0 N–H and O–H groups in total. The van der Waals surface area contributed by atoms with Gasteiger partial charge in [0, 0.05) is 29.2 Å². The van der Waals surface area contributed by atoms with Gasteiger partial charge in [0.2, 0.25) is 5.69 Å². The van der Waals surface area contributed by atoms with Crippen LogP contribution in [0.5, 0.6) is 0 Å². The highest BCUT2D eigenvalue weighted by atomic mass is 15.4. The van der Waals surface area contributed by atoms with Crippen molar-refractivity contribution in [3.63, 3.8) is 0 Å². The molecule has 0 radical (unpaired) electrons. The van der Waals surface area contributed by atoms with Gasteiger partial charge in [-0.2, -0.15) is 4.99 Å². The third kappa shape index (κ3) is 2.52. The molecule has 100 valence electrons. The SMILES string of the molecule is CCCC1=NC(c2ccccc2)[N+](c2ccccc2)=N1. The van der Waals surface area contributed by atoms with Crippen LogP contribution in [0.15, 0.2) is 70.8 Å². The number of benzene rings is 2.